The van der Waals surface area contributed by atoms with Crippen molar-refractivity contribution in [1.29, 1.82) is 0 Å². The fourth-order valence-corrected chi connectivity index (χ4v) is 8.82. The summed E-state index contributed by atoms with van der Waals surface area (Å²) in [7, 11) is 0. The Morgan fingerprint density at radius 1 is 0.274 bits per heavy atom. The first-order valence-corrected chi connectivity index (χ1v) is 20.8. The van der Waals surface area contributed by atoms with Crippen LogP contribution >= 0.6 is 0 Å². The summed E-state index contributed by atoms with van der Waals surface area (Å²) >= 11 is 0. The molecule has 0 unspecified atom stereocenters. The molecule has 0 bridgehead atoms. The lowest BCUT2D eigenvalue weighted by atomic mass is 9.96. The third-order valence-corrected chi connectivity index (χ3v) is 11.8. The van der Waals surface area contributed by atoms with Gasteiger partial charge in [-0.2, -0.15) is 0 Å². The van der Waals surface area contributed by atoms with Crippen molar-refractivity contribution in [2.24, 2.45) is 0 Å². The summed E-state index contributed by atoms with van der Waals surface area (Å²) in [6.07, 6.45) is 0. The van der Waals surface area contributed by atoms with Crippen LogP contribution in [0.2, 0.25) is 0 Å². The molecule has 0 atom stereocenters. The highest BCUT2D eigenvalue weighted by Crippen LogP contribution is 2.39. The van der Waals surface area contributed by atoms with Gasteiger partial charge in [0.15, 0.2) is 17.5 Å². The Labute approximate surface area is 357 Å². The Hall–Kier alpha value is -8.41. The molecule has 0 saturated carbocycles. The summed E-state index contributed by atoms with van der Waals surface area (Å²) in [4.78, 5) is 15.6. The third kappa shape index (κ3) is 6.23. The molecule has 9 aromatic carbocycles. The number of fused-ring (bicyclic) bond motifs is 6. The van der Waals surface area contributed by atoms with Crippen LogP contribution in [0.1, 0.15) is 0 Å². The van der Waals surface area contributed by atoms with Gasteiger partial charge in [0.2, 0.25) is 0 Å². The van der Waals surface area contributed by atoms with E-state index in [2.05, 4.69) is 180 Å². The van der Waals surface area contributed by atoms with Gasteiger partial charge in [-0.25, -0.2) is 15.0 Å². The van der Waals surface area contributed by atoms with Gasteiger partial charge in [0.25, 0.3) is 0 Å². The van der Waals surface area contributed by atoms with Gasteiger partial charge in [0.05, 0.1) is 11.0 Å². The Morgan fingerprint density at radius 3 is 1.52 bits per heavy atom. The van der Waals surface area contributed by atoms with Crippen LogP contribution in [-0.4, -0.2) is 19.5 Å². The lowest BCUT2D eigenvalue weighted by Gasteiger charge is -2.13. The van der Waals surface area contributed by atoms with Gasteiger partial charge in [-0.05, 0) is 94.0 Å². The van der Waals surface area contributed by atoms with Gasteiger partial charge in [0.1, 0.15) is 11.2 Å². The van der Waals surface area contributed by atoms with Gasteiger partial charge >= 0.3 is 0 Å². The number of benzene rings is 9. The summed E-state index contributed by atoms with van der Waals surface area (Å²) in [6, 6.07) is 76.5. The maximum Gasteiger partial charge on any atom is 0.164 e. The fourth-order valence-electron chi connectivity index (χ4n) is 8.82. The molecule has 0 amide bonds. The maximum atomic E-state index is 6.17. The van der Waals surface area contributed by atoms with E-state index in [1.54, 1.807) is 0 Å². The first kappa shape index (κ1) is 35.5. The number of furan rings is 1. The van der Waals surface area contributed by atoms with Crippen LogP contribution in [-0.2, 0) is 0 Å². The molecular weight excluding hydrogens is 757 g/mol. The Kier molecular flexibility index (Phi) is 8.42. The van der Waals surface area contributed by atoms with Gasteiger partial charge in [0, 0.05) is 43.9 Å². The smallest absolute Gasteiger partial charge is 0.164 e. The normalized spacial score (nSPS) is 11.5. The second kappa shape index (κ2) is 14.7. The van der Waals surface area contributed by atoms with Crippen molar-refractivity contribution in [3.63, 3.8) is 0 Å². The summed E-state index contributed by atoms with van der Waals surface area (Å²) in [5, 5.41) is 4.61. The number of nitrogens with zero attached hydrogens (tertiary/aromatic N) is 4. The molecule has 0 aliphatic heterocycles. The zero-order valence-electron chi connectivity index (χ0n) is 33.5. The molecule has 62 heavy (non-hydrogen) atoms. The lowest BCUT2D eigenvalue weighted by molar-refractivity contribution is 0.669. The fraction of sp³-hybridized carbons (Fsp3) is 0. The zero-order chi connectivity index (χ0) is 41.0. The molecule has 3 aromatic heterocycles. The van der Waals surface area contributed by atoms with E-state index in [9.17, 15) is 0 Å². The highest BCUT2D eigenvalue weighted by molar-refractivity contribution is 6.11. The van der Waals surface area contributed by atoms with Crippen molar-refractivity contribution in [1.82, 2.24) is 19.5 Å². The topological polar surface area (TPSA) is 56.7 Å². The molecular formula is C57H36N4O. The molecule has 0 radical (unpaired) electrons. The van der Waals surface area contributed by atoms with E-state index in [1.165, 1.54) is 10.8 Å². The van der Waals surface area contributed by atoms with E-state index < -0.39 is 0 Å². The van der Waals surface area contributed by atoms with Crippen molar-refractivity contribution in [3.8, 4) is 73.2 Å². The number of rotatable bonds is 7. The minimum Gasteiger partial charge on any atom is -0.456 e. The van der Waals surface area contributed by atoms with E-state index in [-0.39, 0.29) is 0 Å². The Balaban J connectivity index is 1.03. The van der Waals surface area contributed by atoms with Crippen LogP contribution in [0.4, 0.5) is 0 Å². The van der Waals surface area contributed by atoms with Gasteiger partial charge in [-0.15, -0.1) is 0 Å². The molecule has 12 aromatic rings. The second-order valence-electron chi connectivity index (χ2n) is 15.6. The number of para-hydroxylation sites is 2. The van der Waals surface area contributed by atoms with E-state index in [4.69, 9.17) is 19.4 Å². The molecule has 0 spiro atoms. The third-order valence-electron chi connectivity index (χ3n) is 11.8. The highest BCUT2D eigenvalue weighted by atomic mass is 16.3. The van der Waals surface area contributed by atoms with E-state index in [1.807, 2.05) is 42.5 Å². The molecule has 0 saturated heterocycles. The quantitative estimate of drug-likeness (QED) is 0.161. The molecule has 3 heterocycles. The summed E-state index contributed by atoms with van der Waals surface area (Å²) in [6.45, 7) is 0. The molecule has 0 fully saturated rings. The van der Waals surface area contributed by atoms with E-state index in [0.29, 0.717) is 17.5 Å². The highest BCUT2D eigenvalue weighted by Gasteiger charge is 2.18. The molecule has 0 aliphatic carbocycles. The average Bonchev–Trinajstić information content (AvgIpc) is 3.89. The SMILES string of the molecule is c1ccc(-c2cc(-c3ccccc3)cc(-c3nc(-c4ccccc4)nc(-c4cccc(-n5c6ccccc6c6ccc(-c7ccc8oc9ccccc9c8c7)cc65)c4)n3)c2)cc1. The number of aromatic nitrogens is 4. The van der Waals surface area contributed by atoms with E-state index in [0.717, 1.165) is 88.7 Å². The number of hydrogen-bond donors (Lipinski definition) is 0. The average molecular weight is 793 g/mol. The molecule has 0 aliphatic rings. The van der Waals surface area contributed by atoms with Crippen LogP contribution in [0.15, 0.2) is 223 Å². The summed E-state index contributed by atoms with van der Waals surface area (Å²) in [5.74, 6) is 1.83. The Morgan fingerprint density at radius 2 is 0.790 bits per heavy atom. The van der Waals surface area contributed by atoms with Gasteiger partial charge in [-0.1, -0.05) is 158 Å². The van der Waals surface area contributed by atoms with Crippen molar-refractivity contribution >= 4 is 43.7 Å². The van der Waals surface area contributed by atoms with Crippen molar-refractivity contribution in [2.75, 3.05) is 0 Å². The second-order valence-corrected chi connectivity index (χ2v) is 15.6. The lowest BCUT2D eigenvalue weighted by Crippen LogP contribution is -2.01. The molecule has 290 valence electrons. The first-order chi connectivity index (χ1) is 30.7. The maximum absolute atomic E-state index is 6.17. The minimum atomic E-state index is 0.601. The van der Waals surface area contributed by atoms with Crippen LogP contribution in [0.5, 0.6) is 0 Å². The monoisotopic (exact) mass is 792 g/mol. The molecule has 5 heteroatoms. The van der Waals surface area contributed by atoms with Gasteiger partial charge in [-0.3, -0.25) is 0 Å². The van der Waals surface area contributed by atoms with Crippen LogP contribution < -0.4 is 0 Å². The largest absolute Gasteiger partial charge is 0.456 e. The van der Waals surface area contributed by atoms with Crippen LogP contribution in [0.25, 0.3) is 117 Å². The summed E-state index contributed by atoms with van der Waals surface area (Å²) < 4.78 is 8.53. The predicted molar refractivity (Wildman–Crippen MR) is 254 cm³/mol. The van der Waals surface area contributed by atoms with Crippen molar-refractivity contribution in [2.45, 2.75) is 0 Å². The Bertz CT molecular complexity index is 3570. The van der Waals surface area contributed by atoms with Crippen LogP contribution in [0, 0.1) is 0 Å². The standard InChI is InChI=1S/C57H36N4O/c1-4-15-37(16-5-1)43-31-44(38-17-6-2-7-18-38)33-45(32-43)57-59-55(39-19-8-3-9-20-39)58-56(60-57)42-21-14-22-46(34-42)61-51-25-12-10-23-47(51)48-29-27-41(36-52(48)61)40-28-30-54-50(35-40)49-24-11-13-26-53(49)62-54/h1-36H. The van der Waals surface area contributed by atoms with Gasteiger partial charge < -0.3 is 8.98 Å². The summed E-state index contributed by atoms with van der Waals surface area (Å²) in [5.41, 5.74) is 14.5. The van der Waals surface area contributed by atoms with Crippen molar-refractivity contribution < 1.29 is 4.42 Å². The molecule has 5 nitrogen and oxygen atoms in total. The van der Waals surface area contributed by atoms with Crippen molar-refractivity contribution in [3.05, 3.63) is 218 Å². The first-order valence-electron chi connectivity index (χ1n) is 20.8. The number of hydrogen-bond acceptors (Lipinski definition) is 4. The minimum absolute atomic E-state index is 0.601. The van der Waals surface area contributed by atoms with Crippen LogP contribution in [0.3, 0.4) is 0 Å². The predicted octanol–water partition coefficient (Wildman–Crippen LogP) is 14.9. The molecule has 12 rings (SSSR count). The zero-order valence-corrected chi connectivity index (χ0v) is 33.5. The molecule has 0 N–H and O–H groups in total. The van der Waals surface area contributed by atoms with E-state index >= 15 is 0 Å².